The van der Waals surface area contributed by atoms with Gasteiger partial charge in [-0.3, -0.25) is 10.1 Å². The third-order valence-electron chi connectivity index (χ3n) is 2.58. The molecule has 0 heterocycles. The van der Waals surface area contributed by atoms with Crippen molar-refractivity contribution in [1.29, 1.82) is 0 Å². The molecule has 1 unspecified atom stereocenters. The maximum atomic E-state index is 12.1. The first-order valence-electron chi connectivity index (χ1n) is 5.87. The maximum absolute atomic E-state index is 12.1. The van der Waals surface area contributed by atoms with Crippen LogP contribution in [0.25, 0.3) is 0 Å². The number of nitrogens with one attached hydrogen (secondary N) is 1. The maximum Gasteiger partial charge on any atom is 0.270 e. The zero-order valence-electron chi connectivity index (χ0n) is 10.6. The number of nitro groups is 1. The molecule has 0 aliphatic heterocycles. The first-order valence-corrected chi connectivity index (χ1v) is 7.36. The Hall–Kier alpha value is -1.51. The average molecular weight is 287 g/mol. The third kappa shape index (κ3) is 4.27. The summed E-state index contributed by atoms with van der Waals surface area (Å²) in [6.07, 6.45) is 1.41. The SMILES string of the molecule is CCCC(CN)NS(=O)(=O)c1cccc([N+](=O)[O-])c1. The number of benzene rings is 1. The molecule has 0 aliphatic rings. The molecule has 1 atom stereocenters. The second-order valence-corrected chi connectivity index (χ2v) is 5.81. The van der Waals surface area contributed by atoms with E-state index >= 15 is 0 Å². The van der Waals surface area contributed by atoms with E-state index in [4.69, 9.17) is 5.73 Å². The highest BCUT2D eigenvalue weighted by Gasteiger charge is 2.20. The molecule has 1 aromatic carbocycles. The van der Waals surface area contributed by atoms with E-state index in [1.807, 2.05) is 6.92 Å². The first-order chi connectivity index (χ1) is 8.90. The van der Waals surface area contributed by atoms with Gasteiger partial charge in [0.2, 0.25) is 10.0 Å². The molecule has 3 N–H and O–H groups in total. The molecule has 106 valence electrons. The summed E-state index contributed by atoms with van der Waals surface area (Å²) in [5.74, 6) is 0. The Bertz CT molecular complexity index is 545. The number of nitrogens with zero attached hydrogens (tertiary/aromatic N) is 1. The minimum Gasteiger partial charge on any atom is -0.329 e. The zero-order valence-corrected chi connectivity index (χ0v) is 11.4. The largest absolute Gasteiger partial charge is 0.329 e. The van der Waals surface area contributed by atoms with E-state index in [1.165, 1.54) is 18.2 Å². The molecule has 0 fully saturated rings. The fourth-order valence-corrected chi connectivity index (χ4v) is 2.95. The van der Waals surface area contributed by atoms with Crippen LogP contribution in [-0.4, -0.2) is 25.9 Å². The molecule has 0 aliphatic carbocycles. The van der Waals surface area contributed by atoms with Gasteiger partial charge < -0.3 is 5.73 Å². The lowest BCUT2D eigenvalue weighted by atomic mass is 10.2. The minimum absolute atomic E-state index is 0.128. The van der Waals surface area contributed by atoms with Gasteiger partial charge in [-0.1, -0.05) is 19.4 Å². The molecule has 1 rings (SSSR count). The summed E-state index contributed by atoms with van der Waals surface area (Å²) in [6, 6.07) is 4.56. The molecule has 0 saturated heterocycles. The zero-order chi connectivity index (χ0) is 14.5. The van der Waals surface area contributed by atoms with E-state index < -0.39 is 14.9 Å². The van der Waals surface area contributed by atoms with Gasteiger partial charge in [-0.15, -0.1) is 0 Å². The summed E-state index contributed by atoms with van der Waals surface area (Å²) in [5, 5.41) is 10.6. The Morgan fingerprint density at radius 1 is 1.47 bits per heavy atom. The van der Waals surface area contributed by atoms with Crippen molar-refractivity contribution in [1.82, 2.24) is 4.72 Å². The normalized spacial score (nSPS) is 13.2. The van der Waals surface area contributed by atoms with Crippen LogP contribution in [0.1, 0.15) is 19.8 Å². The molecule has 1 aromatic rings. The van der Waals surface area contributed by atoms with Crippen molar-refractivity contribution in [3.8, 4) is 0 Å². The van der Waals surface area contributed by atoms with Gasteiger partial charge in [-0.25, -0.2) is 13.1 Å². The summed E-state index contributed by atoms with van der Waals surface area (Å²) < 4.78 is 26.6. The van der Waals surface area contributed by atoms with Gasteiger partial charge in [0.25, 0.3) is 5.69 Å². The molecular formula is C11H17N3O4S. The van der Waals surface area contributed by atoms with Gasteiger partial charge in [-0.2, -0.15) is 0 Å². The number of hydrogen-bond donors (Lipinski definition) is 2. The minimum atomic E-state index is -3.78. The molecule has 0 aromatic heterocycles. The van der Waals surface area contributed by atoms with Gasteiger partial charge in [0.15, 0.2) is 0 Å². The highest BCUT2D eigenvalue weighted by molar-refractivity contribution is 7.89. The van der Waals surface area contributed by atoms with Crippen LogP contribution in [0, 0.1) is 10.1 Å². The van der Waals surface area contributed by atoms with E-state index in [2.05, 4.69) is 4.72 Å². The van der Waals surface area contributed by atoms with Gasteiger partial charge >= 0.3 is 0 Å². The van der Waals surface area contributed by atoms with E-state index in [-0.39, 0.29) is 23.2 Å². The number of non-ortho nitro benzene ring substituents is 1. The lowest BCUT2D eigenvalue weighted by Gasteiger charge is -2.15. The van der Waals surface area contributed by atoms with Gasteiger partial charge in [0, 0.05) is 24.7 Å². The highest BCUT2D eigenvalue weighted by atomic mass is 32.2. The van der Waals surface area contributed by atoms with Crippen molar-refractivity contribution in [3.05, 3.63) is 34.4 Å². The molecule has 19 heavy (non-hydrogen) atoms. The summed E-state index contributed by atoms with van der Waals surface area (Å²) in [7, 11) is -3.78. The Kier molecular flexibility index (Phi) is 5.40. The van der Waals surface area contributed by atoms with Gasteiger partial charge in [0.1, 0.15) is 0 Å². The molecule has 7 nitrogen and oxygen atoms in total. The number of nitrogens with two attached hydrogens (primary N) is 1. The number of hydrogen-bond acceptors (Lipinski definition) is 5. The van der Waals surface area contributed by atoms with Crippen LogP contribution < -0.4 is 10.5 Å². The number of sulfonamides is 1. The topological polar surface area (TPSA) is 115 Å². The van der Waals surface area contributed by atoms with E-state index in [1.54, 1.807) is 0 Å². The van der Waals surface area contributed by atoms with Crippen molar-refractivity contribution in [3.63, 3.8) is 0 Å². The summed E-state index contributed by atoms with van der Waals surface area (Å²) in [4.78, 5) is 9.87. The van der Waals surface area contributed by atoms with Crippen LogP contribution in [0.15, 0.2) is 29.2 Å². The van der Waals surface area contributed by atoms with Crippen molar-refractivity contribution >= 4 is 15.7 Å². The first kappa shape index (κ1) is 15.5. The lowest BCUT2D eigenvalue weighted by Crippen LogP contribution is -2.39. The Morgan fingerprint density at radius 3 is 2.68 bits per heavy atom. The second-order valence-electron chi connectivity index (χ2n) is 4.10. The van der Waals surface area contributed by atoms with Crippen LogP contribution in [-0.2, 0) is 10.0 Å². The van der Waals surface area contributed by atoms with Crippen LogP contribution in [0.5, 0.6) is 0 Å². The molecule has 0 saturated carbocycles. The number of rotatable bonds is 7. The molecule has 0 amide bonds. The molecule has 0 radical (unpaired) electrons. The van der Waals surface area contributed by atoms with E-state index in [0.717, 1.165) is 12.5 Å². The van der Waals surface area contributed by atoms with Crippen molar-refractivity contribution in [2.45, 2.75) is 30.7 Å². The lowest BCUT2D eigenvalue weighted by molar-refractivity contribution is -0.385. The predicted molar refractivity (Wildman–Crippen MR) is 71.2 cm³/mol. The average Bonchev–Trinajstić information content (AvgIpc) is 2.38. The fraction of sp³-hybridized carbons (Fsp3) is 0.455. The standard InChI is InChI=1S/C11H17N3O4S/c1-2-4-9(8-12)13-19(17,18)11-6-3-5-10(7-11)14(15)16/h3,5-7,9,13H,2,4,8,12H2,1H3. The molecule has 8 heteroatoms. The monoisotopic (exact) mass is 287 g/mol. The smallest absolute Gasteiger partial charge is 0.270 e. The second kappa shape index (κ2) is 6.60. The van der Waals surface area contributed by atoms with Crippen molar-refractivity contribution in [2.75, 3.05) is 6.54 Å². The van der Waals surface area contributed by atoms with Crippen molar-refractivity contribution < 1.29 is 13.3 Å². The fourth-order valence-electron chi connectivity index (χ4n) is 1.63. The van der Waals surface area contributed by atoms with Crippen LogP contribution in [0.4, 0.5) is 5.69 Å². The van der Waals surface area contributed by atoms with Gasteiger partial charge in [-0.05, 0) is 12.5 Å². The Morgan fingerprint density at radius 2 is 2.16 bits per heavy atom. The third-order valence-corrected chi connectivity index (χ3v) is 4.10. The van der Waals surface area contributed by atoms with Crippen LogP contribution >= 0.6 is 0 Å². The van der Waals surface area contributed by atoms with E-state index in [9.17, 15) is 18.5 Å². The quantitative estimate of drug-likeness (QED) is 0.573. The summed E-state index contributed by atoms with van der Waals surface area (Å²) in [5.41, 5.74) is 5.23. The molecule has 0 bridgehead atoms. The van der Waals surface area contributed by atoms with Crippen LogP contribution in [0.2, 0.25) is 0 Å². The van der Waals surface area contributed by atoms with Crippen molar-refractivity contribution in [2.24, 2.45) is 5.73 Å². The van der Waals surface area contributed by atoms with E-state index in [0.29, 0.717) is 6.42 Å². The molecule has 0 spiro atoms. The Balaban J connectivity index is 2.99. The van der Waals surface area contributed by atoms with Crippen LogP contribution in [0.3, 0.4) is 0 Å². The predicted octanol–water partition coefficient (Wildman–Crippen LogP) is 1.00. The number of nitro benzene ring substituents is 1. The Labute approximate surface area is 112 Å². The van der Waals surface area contributed by atoms with Gasteiger partial charge in [0.05, 0.1) is 9.82 Å². The summed E-state index contributed by atoms with van der Waals surface area (Å²) >= 11 is 0. The highest BCUT2D eigenvalue weighted by Crippen LogP contribution is 2.17. The molecular weight excluding hydrogens is 270 g/mol. The summed E-state index contributed by atoms with van der Waals surface area (Å²) in [6.45, 7) is 2.10.